The highest BCUT2D eigenvalue weighted by atomic mass is 16.6. The van der Waals surface area contributed by atoms with Crippen molar-refractivity contribution < 1.29 is 4.92 Å². The van der Waals surface area contributed by atoms with E-state index in [9.17, 15) is 10.1 Å². The summed E-state index contributed by atoms with van der Waals surface area (Å²) in [5.74, 6) is 0.247. The zero-order valence-corrected chi connectivity index (χ0v) is 8.85. The fraction of sp³-hybridized carbons (Fsp3) is 1.00. The van der Waals surface area contributed by atoms with E-state index in [1.165, 1.54) is 6.42 Å². The van der Waals surface area contributed by atoms with Crippen molar-refractivity contribution in [3.05, 3.63) is 10.1 Å². The summed E-state index contributed by atoms with van der Waals surface area (Å²) in [6.45, 7) is 2.03. The first-order chi connectivity index (χ1) is 6.61. The maximum atomic E-state index is 11.0. The summed E-state index contributed by atoms with van der Waals surface area (Å²) in [6, 6.07) is 0.448. The molecule has 0 spiro atoms. The highest BCUT2D eigenvalue weighted by Gasteiger charge is 2.47. The van der Waals surface area contributed by atoms with Gasteiger partial charge in [0.05, 0.1) is 6.04 Å². The maximum absolute atomic E-state index is 11.0. The largest absolute Gasteiger partial charge is 0.294 e. The van der Waals surface area contributed by atoms with Crippen LogP contribution in [0.5, 0.6) is 0 Å². The third-order valence-electron chi connectivity index (χ3n) is 4.00. The number of rotatable bonds is 1. The predicted molar refractivity (Wildman–Crippen MR) is 53.8 cm³/mol. The van der Waals surface area contributed by atoms with Crippen LogP contribution in [0.15, 0.2) is 0 Å². The second kappa shape index (κ2) is 3.50. The first-order valence-electron chi connectivity index (χ1n) is 5.46. The third-order valence-corrected chi connectivity index (χ3v) is 4.00. The van der Waals surface area contributed by atoms with Gasteiger partial charge in [-0.15, -0.1) is 0 Å². The van der Waals surface area contributed by atoms with E-state index in [4.69, 9.17) is 0 Å². The smallest absolute Gasteiger partial charge is 0.230 e. The van der Waals surface area contributed by atoms with E-state index in [0.29, 0.717) is 6.04 Å². The van der Waals surface area contributed by atoms with Crippen LogP contribution in [-0.2, 0) is 0 Å². The van der Waals surface area contributed by atoms with Crippen molar-refractivity contribution in [2.45, 2.75) is 50.7 Å². The quantitative estimate of drug-likeness (QED) is 0.474. The first-order valence-corrected chi connectivity index (χ1v) is 5.46. The Labute approximate surface area is 84.4 Å². The van der Waals surface area contributed by atoms with Gasteiger partial charge in [-0.2, -0.15) is 0 Å². The van der Waals surface area contributed by atoms with Crippen LogP contribution in [0.25, 0.3) is 0 Å². The topological polar surface area (TPSA) is 46.4 Å². The molecule has 80 valence electrons. The van der Waals surface area contributed by atoms with Gasteiger partial charge in [-0.25, -0.2) is 0 Å². The molecule has 0 amide bonds. The van der Waals surface area contributed by atoms with Crippen molar-refractivity contribution in [2.24, 2.45) is 5.92 Å². The van der Waals surface area contributed by atoms with Gasteiger partial charge in [0, 0.05) is 16.9 Å². The molecule has 2 bridgehead atoms. The predicted octanol–water partition coefficient (Wildman–Crippen LogP) is 1.52. The average molecular weight is 198 g/mol. The standard InChI is InChI=1S/C10H18N2O2/c1-7-6-8-4-3-5-9(11(8)2)10(7)12(13)14/h7-10H,3-6H2,1-2H3. The van der Waals surface area contributed by atoms with Gasteiger partial charge in [0.1, 0.15) is 0 Å². The van der Waals surface area contributed by atoms with E-state index in [1.807, 2.05) is 6.92 Å². The van der Waals surface area contributed by atoms with Gasteiger partial charge in [-0.3, -0.25) is 15.0 Å². The molecule has 2 heterocycles. The molecule has 0 N–H and O–H groups in total. The highest BCUT2D eigenvalue weighted by molar-refractivity contribution is 4.95. The number of hydrogen-bond donors (Lipinski definition) is 0. The summed E-state index contributed by atoms with van der Waals surface area (Å²) < 4.78 is 0. The number of nitrogens with zero attached hydrogens (tertiary/aromatic N) is 2. The van der Waals surface area contributed by atoms with Gasteiger partial charge < -0.3 is 0 Å². The molecule has 2 saturated heterocycles. The monoisotopic (exact) mass is 198 g/mol. The lowest BCUT2D eigenvalue weighted by molar-refractivity contribution is -0.545. The van der Waals surface area contributed by atoms with Gasteiger partial charge in [0.25, 0.3) is 0 Å². The Morgan fingerprint density at radius 2 is 2.14 bits per heavy atom. The van der Waals surface area contributed by atoms with E-state index in [-0.39, 0.29) is 22.9 Å². The number of likely N-dealkylation sites (N-methyl/N-ethyl adjacent to an activating group) is 1. The van der Waals surface area contributed by atoms with E-state index < -0.39 is 0 Å². The Morgan fingerprint density at radius 1 is 1.43 bits per heavy atom. The van der Waals surface area contributed by atoms with Crippen LogP contribution in [0.4, 0.5) is 0 Å². The first kappa shape index (κ1) is 9.90. The molecule has 4 atom stereocenters. The van der Waals surface area contributed by atoms with Crippen LogP contribution in [-0.4, -0.2) is 35.0 Å². The second-order valence-corrected chi connectivity index (χ2v) is 4.81. The van der Waals surface area contributed by atoms with Crippen molar-refractivity contribution >= 4 is 0 Å². The summed E-state index contributed by atoms with van der Waals surface area (Å²) >= 11 is 0. The van der Waals surface area contributed by atoms with Crippen molar-refractivity contribution in [1.82, 2.24) is 4.90 Å². The Bertz CT molecular complexity index is 244. The summed E-state index contributed by atoms with van der Waals surface area (Å²) in [6.07, 6.45) is 4.39. The van der Waals surface area contributed by atoms with E-state index in [1.54, 1.807) is 0 Å². The third kappa shape index (κ3) is 1.41. The molecule has 0 radical (unpaired) electrons. The van der Waals surface area contributed by atoms with Crippen LogP contribution in [0.3, 0.4) is 0 Å². The summed E-state index contributed by atoms with van der Waals surface area (Å²) in [7, 11) is 2.05. The lowest BCUT2D eigenvalue weighted by Crippen LogP contribution is -2.59. The normalized spacial score (nSPS) is 43.6. The van der Waals surface area contributed by atoms with Gasteiger partial charge >= 0.3 is 0 Å². The Balaban J connectivity index is 2.21. The van der Waals surface area contributed by atoms with Crippen LogP contribution >= 0.6 is 0 Å². The molecule has 0 aromatic rings. The van der Waals surface area contributed by atoms with E-state index in [2.05, 4.69) is 11.9 Å². The second-order valence-electron chi connectivity index (χ2n) is 4.81. The molecule has 2 fully saturated rings. The number of piperidine rings is 2. The van der Waals surface area contributed by atoms with Crippen molar-refractivity contribution in [3.8, 4) is 0 Å². The van der Waals surface area contributed by atoms with Crippen LogP contribution in [0.1, 0.15) is 32.6 Å². The van der Waals surface area contributed by atoms with Gasteiger partial charge in [-0.1, -0.05) is 13.3 Å². The zero-order chi connectivity index (χ0) is 10.3. The van der Waals surface area contributed by atoms with Gasteiger partial charge in [0.2, 0.25) is 6.04 Å². The van der Waals surface area contributed by atoms with Crippen LogP contribution in [0.2, 0.25) is 0 Å². The van der Waals surface area contributed by atoms with Crippen molar-refractivity contribution in [1.29, 1.82) is 0 Å². The van der Waals surface area contributed by atoms with Gasteiger partial charge in [0.15, 0.2) is 0 Å². The molecule has 2 rings (SSSR count). The molecular formula is C10H18N2O2. The molecule has 2 aliphatic rings. The molecule has 0 aromatic carbocycles. The van der Waals surface area contributed by atoms with Crippen molar-refractivity contribution in [3.63, 3.8) is 0 Å². The van der Waals surface area contributed by atoms with Crippen molar-refractivity contribution in [2.75, 3.05) is 7.05 Å². The molecular weight excluding hydrogens is 180 g/mol. The van der Waals surface area contributed by atoms with E-state index >= 15 is 0 Å². The molecule has 4 nitrogen and oxygen atoms in total. The Morgan fingerprint density at radius 3 is 2.79 bits per heavy atom. The minimum atomic E-state index is -0.337. The van der Waals surface area contributed by atoms with Crippen LogP contribution in [0, 0.1) is 16.0 Å². The van der Waals surface area contributed by atoms with E-state index in [0.717, 1.165) is 19.3 Å². The Kier molecular flexibility index (Phi) is 2.47. The molecule has 2 aliphatic heterocycles. The zero-order valence-electron chi connectivity index (χ0n) is 8.85. The maximum Gasteiger partial charge on any atom is 0.230 e. The molecule has 4 unspecified atom stereocenters. The molecule has 0 saturated carbocycles. The lowest BCUT2D eigenvalue weighted by atomic mass is 9.76. The number of hydrogen-bond acceptors (Lipinski definition) is 3. The minimum absolute atomic E-state index is 0.0621. The summed E-state index contributed by atoms with van der Waals surface area (Å²) in [4.78, 5) is 13.2. The number of nitro groups is 1. The lowest BCUT2D eigenvalue weighted by Gasteiger charge is -2.47. The average Bonchev–Trinajstić information content (AvgIpc) is 2.07. The fourth-order valence-corrected chi connectivity index (χ4v) is 3.23. The number of fused-ring (bicyclic) bond motifs is 2. The molecule has 14 heavy (non-hydrogen) atoms. The SMILES string of the molecule is CC1CC2CCCC(C1[N+](=O)[O-])N2C. The molecule has 4 heteroatoms. The van der Waals surface area contributed by atoms with Crippen LogP contribution < -0.4 is 0 Å². The molecule has 0 aromatic heterocycles. The van der Waals surface area contributed by atoms with Gasteiger partial charge in [-0.05, 0) is 26.3 Å². The summed E-state index contributed by atoms with van der Waals surface area (Å²) in [5.41, 5.74) is 0. The Hall–Kier alpha value is -0.640. The summed E-state index contributed by atoms with van der Waals surface area (Å²) in [5, 5.41) is 11.0. The molecule has 0 aliphatic carbocycles. The fourth-order valence-electron chi connectivity index (χ4n) is 3.23. The minimum Gasteiger partial charge on any atom is -0.294 e. The highest BCUT2D eigenvalue weighted by Crippen LogP contribution is 2.36.